The molecule has 45 heavy (non-hydrogen) atoms. The summed E-state index contributed by atoms with van der Waals surface area (Å²) in [7, 11) is 0. The van der Waals surface area contributed by atoms with Crippen LogP contribution in [0.15, 0.2) is 47.7 Å². The van der Waals surface area contributed by atoms with Gasteiger partial charge in [0, 0.05) is 48.3 Å². The van der Waals surface area contributed by atoms with Crippen molar-refractivity contribution in [2.75, 3.05) is 0 Å². The van der Waals surface area contributed by atoms with Crippen LogP contribution in [-0.4, -0.2) is 66.1 Å². The summed E-state index contributed by atoms with van der Waals surface area (Å²) in [5.41, 5.74) is 12.9. The van der Waals surface area contributed by atoms with Crippen molar-refractivity contribution < 1.29 is 29.6 Å². The van der Waals surface area contributed by atoms with Gasteiger partial charge in [-0.25, -0.2) is 9.48 Å². The molecule has 4 saturated carbocycles. The fourth-order valence-electron chi connectivity index (χ4n) is 10.7. The lowest BCUT2D eigenvalue weighted by Gasteiger charge is -2.71. The summed E-state index contributed by atoms with van der Waals surface area (Å²) in [5.74, 6) is -2.59. The Balaban J connectivity index is 1.51. The highest BCUT2D eigenvalue weighted by molar-refractivity contribution is 5.89. The standard InChI is InChI=1S/C34H47N5O6/c1-19-25(41)10-11-31(3)29-26(42)15-24-28(23(30(43)44)14-21-8-6-5-7-9-21)27(45-20(2)40)16-32(24,4)33(29,36)12-13-34(19,31)39-18-22(17-35)37-38-39/h5-9,18-19,24-27,29,41-42H,10-17,35-36H2,1-4H3,(H,43,44)/b28-23-/t19-,24+,25-,26-,27+,29+,31-,32+,33-,34-/m1/s1. The smallest absolute Gasteiger partial charge is 0.332 e. The van der Waals surface area contributed by atoms with E-state index in [0.717, 1.165) is 5.56 Å². The third-order valence-corrected chi connectivity index (χ3v) is 12.8. The Kier molecular flexibility index (Phi) is 7.78. The number of hydrogen-bond acceptors (Lipinski definition) is 9. The molecule has 11 nitrogen and oxygen atoms in total. The van der Waals surface area contributed by atoms with Crippen LogP contribution in [0.4, 0.5) is 0 Å². The van der Waals surface area contributed by atoms with E-state index in [1.807, 2.05) is 48.1 Å². The van der Waals surface area contributed by atoms with E-state index >= 15 is 0 Å². The third kappa shape index (κ3) is 4.45. The van der Waals surface area contributed by atoms with Crippen LogP contribution < -0.4 is 11.5 Å². The molecule has 0 unspecified atom stereocenters. The summed E-state index contributed by atoms with van der Waals surface area (Å²) in [4.78, 5) is 25.4. The van der Waals surface area contributed by atoms with Crippen molar-refractivity contribution in [3.8, 4) is 0 Å². The number of nitrogens with zero attached hydrogens (tertiary/aromatic N) is 3. The molecule has 1 heterocycles. The van der Waals surface area contributed by atoms with Crippen LogP contribution in [0.5, 0.6) is 0 Å². The van der Waals surface area contributed by atoms with Crippen molar-refractivity contribution in [1.29, 1.82) is 0 Å². The average Bonchev–Trinajstić information content (AvgIpc) is 3.57. The first-order chi connectivity index (χ1) is 21.2. The predicted molar refractivity (Wildman–Crippen MR) is 165 cm³/mol. The Labute approximate surface area is 264 Å². The molecule has 6 rings (SSSR count). The van der Waals surface area contributed by atoms with E-state index in [9.17, 15) is 24.9 Å². The molecule has 7 N–H and O–H groups in total. The van der Waals surface area contributed by atoms with E-state index < -0.39 is 64.0 Å². The Morgan fingerprint density at radius 2 is 1.80 bits per heavy atom. The third-order valence-electron chi connectivity index (χ3n) is 12.8. The van der Waals surface area contributed by atoms with Gasteiger partial charge in [0.1, 0.15) is 6.10 Å². The average molecular weight is 622 g/mol. The largest absolute Gasteiger partial charge is 0.478 e. The molecule has 11 heteroatoms. The van der Waals surface area contributed by atoms with Crippen molar-refractivity contribution in [1.82, 2.24) is 15.0 Å². The summed E-state index contributed by atoms with van der Waals surface area (Å²) in [6, 6.07) is 9.39. The maximum Gasteiger partial charge on any atom is 0.332 e. The number of carboxylic acids is 1. The first kappa shape index (κ1) is 31.8. The monoisotopic (exact) mass is 621 g/mol. The second-order valence-corrected chi connectivity index (χ2v) is 14.6. The molecule has 4 fully saturated rings. The summed E-state index contributed by atoms with van der Waals surface area (Å²) < 4.78 is 7.79. The van der Waals surface area contributed by atoms with Crippen molar-refractivity contribution >= 4 is 11.9 Å². The highest BCUT2D eigenvalue weighted by atomic mass is 16.5. The van der Waals surface area contributed by atoms with E-state index in [0.29, 0.717) is 43.4 Å². The van der Waals surface area contributed by atoms with Gasteiger partial charge in [-0.2, -0.15) is 0 Å². The van der Waals surface area contributed by atoms with Gasteiger partial charge in [0.2, 0.25) is 0 Å². The van der Waals surface area contributed by atoms with Gasteiger partial charge in [0.25, 0.3) is 0 Å². The maximum absolute atomic E-state index is 12.9. The maximum atomic E-state index is 12.9. The number of carbonyl (C=O) groups excluding carboxylic acids is 1. The van der Waals surface area contributed by atoms with Crippen LogP contribution >= 0.6 is 0 Å². The van der Waals surface area contributed by atoms with E-state index in [-0.39, 0.29) is 30.9 Å². The number of aromatic nitrogens is 3. The normalized spacial score (nSPS) is 41.9. The van der Waals surface area contributed by atoms with Gasteiger partial charge < -0.3 is 31.5 Å². The minimum atomic E-state index is -1.07. The Bertz CT molecular complexity index is 1510. The molecule has 0 amide bonds. The second kappa shape index (κ2) is 11.0. The fourth-order valence-corrected chi connectivity index (χ4v) is 10.7. The molecule has 244 valence electrons. The van der Waals surface area contributed by atoms with Gasteiger partial charge in [-0.05, 0) is 61.0 Å². The highest BCUT2D eigenvalue weighted by Gasteiger charge is 2.75. The number of hydrogen-bond donors (Lipinski definition) is 5. The number of carbonyl (C=O) groups is 2. The number of fused-ring (bicyclic) bond motifs is 5. The van der Waals surface area contributed by atoms with Gasteiger partial charge in [-0.3, -0.25) is 4.79 Å². The summed E-state index contributed by atoms with van der Waals surface area (Å²) >= 11 is 0. The molecule has 10 atom stereocenters. The molecule has 0 aliphatic heterocycles. The zero-order valence-electron chi connectivity index (χ0n) is 26.6. The lowest BCUT2D eigenvalue weighted by atomic mass is 9.37. The van der Waals surface area contributed by atoms with Gasteiger partial charge in [-0.15, -0.1) is 5.10 Å². The zero-order chi connectivity index (χ0) is 32.5. The van der Waals surface area contributed by atoms with Crippen molar-refractivity contribution in [3.63, 3.8) is 0 Å². The SMILES string of the molecule is CC(=O)O[C@H]1C[C@@]2(C)[C@@H](C[C@@H](O)[C@@H]3[C@]2(N)CC[C@@]2(n4cc(CN)nn4)[C@H](C)[C@H](O)CC[C@]32C)/C1=C(\Cc1ccccc1)C(=O)O. The second-order valence-electron chi connectivity index (χ2n) is 14.6. The summed E-state index contributed by atoms with van der Waals surface area (Å²) in [5, 5.41) is 43.0. The Hall–Kier alpha value is -3.12. The molecule has 1 aromatic heterocycles. The number of esters is 1. The molecular formula is C34H47N5O6. The number of benzene rings is 1. The molecule has 0 saturated heterocycles. The summed E-state index contributed by atoms with van der Waals surface area (Å²) in [6.45, 7) is 7.89. The predicted octanol–water partition coefficient (Wildman–Crippen LogP) is 2.68. The summed E-state index contributed by atoms with van der Waals surface area (Å²) in [6.07, 6.45) is 2.70. The lowest BCUT2D eigenvalue weighted by Crippen LogP contribution is -2.78. The van der Waals surface area contributed by atoms with Gasteiger partial charge in [0.15, 0.2) is 0 Å². The van der Waals surface area contributed by atoms with Crippen molar-refractivity contribution in [2.45, 2.75) is 109 Å². The van der Waals surface area contributed by atoms with Crippen LogP contribution in [0.25, 0.3) is 0 Å². The molecule has 0 radical (unpaired) electrons. The van der Waals surface area contributed by atoms with Crippen molar-refractivity contribution in [3.05, 3.63) is 58.9 Å². The van der Waals surface area contributed by atoms with Crippen LogP contribution in [0.3, 0.4) is 0 Å². The van der Waals surface area contributed by atoms with E-state index in [2.05, 4.69) is 24.2 Å². The molecule has 4 aliphatic carbocycles. The number of aliphatic hydroxyl groups excluding tert-OH is 2. The highest BCUT2D eigenvalue weighted by Crippen LogP contribution is 2.72. The van der Waals surface area contributed by atoms with Gasteiger partial charge in [-0.1, -0.05) is 56.3 Å². The number of ether oxygens (including phenoxy) is 1. The van der Waals surface area contributed by atoms with Gasteiger partial charge >= 0.3 is 11.9 Å². The molecule has 1 aromatic carbocycles. The van der Waals surface area contributed by atoms with E-state index in [1.165, 1.54) is 6.92 Å². The molecule has 0 bridgehead atoms. The topological polar surface area (TPSA) is 187 Å². The number of nitrogens with two attached hydrogens (primary N) is 2. The number of rotatable bonds is 6. The lowest BCUT2D eigenvalue weighted by molar-refractivity contribution is -0.237. The number of carboxylic acid groups (broad SMARTS) is 1. The molecule has 0 spiro atoms. The minimum absolute atomic E-state index is 0.166. The first-order valence-electron chi connectivity index (χ1n) is 16.2. The molecule has 4 aliphatic rings. The number of aliphatic carboxylic acids is 1. The zero-order valence-corrected chi connectivity index (χ0v) is 26.6. The quantitative estimate of drug-likeness (QED) is 0.237. The minimum Gasteiger partial charge on any atom is -0.478 e. The Morgan fingerprint density at radius 3 is 2.42 bits per heavy atom. The van der Waals surface area contributed by atoms with Crippen LogP contribution in [0.1, 0.15) is 77.5 Å². The van der Waals surface area contributed by atoms with Gasteiger partial charge in [0.05, 0.1) is 29.6 Å². The van der Waals surface area contributed by atoms with Crippen LogP contribution in [-0.2, 0) is 32.8 Å². The van der Waals surface area contributed by atoms with E-state index in [4.69, 9.17) is 16.2 Å². The Morgan fingerprint density at radius 1 is 1.09 bits per heavy atom. The molecular weight excluding hydrogens is 574 g/mol. The number of aliphatic hydroxyl groups is 2. The van der Waals surface area contributed by atoms with Crippen LogP contribution in [0.2, 0.25) is 0 Å². The fraction of sp³-hybridized carbons (Fsp3) is 0.647. The van der Waals surface area contributed by atoms with Crippen molar-refractivity contribution in [2.24, 2.45) is 40.1 Å². The van der Waals surface area contributed by atoms with Crippen LogP contribution in [0, 0.1) is 28.6 Å². The van der Waals surface area contributed by atoms with E-state index in [1.54, 1.807) is 0 Å². The first-order valence-corrected chi connectivity index (χ1v) is 16.2. The molecule has 2 aromatic rings.